The molecule has 1 fully saturated rings. The molecule has 194 valence electrons. The van der Waals surface area contributed by atoms with Crippen molar-refractivity contribution in [3.05, 3.63) is 65.0 Å². The van der Waals surface area contributed by atoms with Crippen LogP contribution in [-0.2, 0) is 12.7 Å². The van der Waals surface area contributed by atoms with Crippen LogP contribution >= 0.6 is 0 Å². The Hall–Kier alpha value is -3.93. The average Bonchev–Trinajstić information content (AvgIpc) is 3.56. The number of aryl methyl sites for hydroxylation is 2. The molecular weight excluding hydrogens is 491 g/mol. The van der Waals surface area contributed by atoms with Gasteiger partial charge < -0.3 is 18.4 Å². The zero-order valence-electron chi connectivity index (χ0n) is 20.2. The second-order valence-electron chi connectivity index (χ2n) is 8.88. The highest BCUT2D eigenvalue weighted by atomic mass is 19.4. The lowest BCUT2D eigenvalue weighted by Gasteiger charge is -2.20. The molecule has 4 aromatic rings. The number of halogens is 3. The standard InChI is InChI=1S/C25H24F3N5O4/c1-15-22(16(2)36-30-15)23-29-21(31-37-23)14-32-9-4-10-33(12-11-32)24(34)20-8-7-19(35-20)17-5-3-6-18(13-17)25(26,27)28/h3,5-8,13H,4,9-12,14H2,1-2H3. The summed E-state index contributed by atoms with van der Waals surface area (Å²) in [6.07, 6.45) is -3.74. The Labute approximate surface area is 209 Å². The number of carbonyl (C=O) groups is 1. The molecule has 1 aliphatic heterocycles. The van der Waals surface area contributed by atoms with Gasteiger partial charge in [0.05, 0.1) is 17.8 Å². The van der Waals surface area contributed by atoms with Gasteiger partial charge in [0.25, 0.3) is 11.8 Å². The fourth-order valence-electron chi connectivity index (χ4n) is 4.35. The van der Waals surface area contributed by atoms with Crippen molar-refractivity contribution in [1.82, 2.24) is 25.1 Å². The SMILES string of the molecule is Cc1noc(C)c1-c1nc(CN2CCCN(C(=O)c3ccc(-c4cccc(C(F)(F)F)c4)o3)CC2)no1. The van der Waals surface area contributed by atoms with E-state index in [0.29, 0.717) is 54.9 Å². The largest absolute Gasteiger partial charge is 0.451 e. The van der Waals surface area contributed by atoms with Crippen LogP contribution < -0.4 is 0 Å². The van der Waals surface area contributed by atoms with Crippen LogP contribution in [0.2, 0.25) is 0 Å². The van der Waals surface area contributed by atoms with E-state index >= 15 is 0 Å². The molecule has 5 rings (SSSR count). The van der Waals surface area contributed by atoms with E-state index in [1.165, 1.54) is 24.3 Å². The summed E-state index contributed by atoms with van der Waals surface area (Å²) >= 11 is 0. The van der Waals surface area contributed by atoms with Gasteiger partial charge in [0.1, 0.15) is 17.1 Å². The zero-order chi connectivity index (χ0) is 26.2. The molecule has 0 unspecified atom stereocenters. The minimum absolute atomic E-state index is 0.0862. The first kappa shape index (κ1) is 24.8. The molecule has 4 heterocycles. The fraction of sp³-hybridized carbons (Fsp3) is 0.360. The summed E-state index contributed by atoms with van der Waals surface area (Å²) < 4.78 is 55.4. The summed E-state index contributed by atoms with van der Waals surface area (Å²) in [5.74, 6) is 1.46. The first-order chi connectivity index (χ1) is 17.7. The van der Waals surface area contributed by atoms with E-state index in [-0.39, 0.29) is 23.0 Å². The molecule has 9 nitrogen and oxygen atoms in total. The van der Waals surface area contributed by atoms with E-state index in [9.17, 15) is 18.0 Å². The third kappa shape index (κ3) is 5.29. The number of hydrogen-bond acceptors (Lipinski definition) is 8. The molecule has 12 heteroatoms. The molecule has 0 radical (unpaired) electrons. The van der Waals surface area contributed by atoms with Crippen molar-refractivity contribution in [2.24, 2.45) is 0 Å². The van der Waals surface area contributed by atoms with Gasteiger partial charge in [-0.15, -0.1) is 0 Å². The molecule has 37 heavy (non-hydrogen) atoms. The monoisotopic (exact) mass is 515 g/mol. The van der Waals surface area contributed by atoms with Gasteiger partial charge in [-0.3, -0.25) is 9.69 Å². The number of carbonyl (C=O) groups excluding carboxylic acids is 1. The van der Waals surface area contributed by atoms with Crippen molar-refractivity contribution in [1.29, 1.82) is 0 Å². The lowest BCUT2D eigenvalue weighted by atomic mass is 10.1. The van der Waals surface area contributed by atoms with E-state index in [1.54, 1.807) is 18.7 Å². The third-order valence-electron chi connectivity index (χ3n) is 6.25. The number of hydrogen-bond donors (Lipinski definition) is 0. The molecule has 0 bridgehead atoms. The maximum absolute atomic E-state index is 13.1. The maximum atomic E-state index is 13.1. The van der Waals surface area contributed by atoms with E-state index in [4.69, 9.17) is 13.5 Å². The van der Waals surface area contributed by atoms with E-state index < -0.39 is 11.7 Å². The Morgan fingerprint density at radius 2 is 1.86 bits per heavy atom. The van der Waals surface area contributed by atoms with Gasteiger partial charge in [-0.1, -0.05) is 22.4 Å². The molecule has 1 amide bonds. The van der Waals surface area contributed by atoms with Gasteiger partial charge >= 0.3 is 6.18 Å². The lowest BCUT2D eigenvalue weighted by molar-refractivity contribution is -0.137. The average molecular weight is 515 g/mol. The van der Waals surface area contributed by atoms with Crippen LogP contribution in [0.4, 0.5) is 13.2 Å². The number of rotatable bonds is 5. The predicted octanol–water partition coefficient (Wildman–Crippen LogP) is 4.97. The maximum Gasteiger partial charge on any atom is 0.416 e. The second-order valence-corrected chi connectivity index (χ2v) is 8.88. The van der Waals surface area contributed by atoms with Crippen LogP contribution in [0.25, 0.3) is 22.8 Å². The first-order valence-electron chi connectivity index (χ1n) is 11.7. The summed E-state index contributed by atoms with van der Waals surface area (Å²) in [6, 6.07) is 7.84. The van der Waals surface area contributed by atoms with Crippen molar-refractivity contribution in [2.75, 3.05) is 26.2 Å². The highest BCUT2D eigenvalue weighted by Crippen LogP contribution is 2.33. The van der Waals surface area contributed by atoms with Crippen LogP contribution in [0.3, 0.4) is 0 Å². The molecular formula is C25H24F3N5O4. The van der Waals surface area contributed by atoms with Crippen molar-refractivity contribution in [2.45, 2.75) is 33.0 Å². The first-order valence-corrected chi connectivity index (χ1v) is 11.7. The topological polar surface area (TPSA) is 102 Å². The number of furan rings is 1. The van der Waals surface area contributed by atoms with Crippen molar-refractivity contribution in [3.63, 3.8) is 0 Å². The van der Waals surface area contributed by atoms with Crippen LogP contribution in [0.1, 0.15) is 39.8 Å². The number of benzene rings is 1. The summed E-state index contributed by atoms with van der Waals surface area (Å²) in [7, 11) is 0. The van der Waals surface area contributed by atoms with Gasteiger partial charge in [-0.05, 0) is 44.5 Å². The summed E-state index contributed by atoms with van der Waals surface area (Å²) in [6.45, 7) is 6.32. The lowest BCUT2D eigenvalue weighted by Crippen LogP contribution is -2.35. The predicted molar refractivity (Wildman–Crippen MR) is 124 cm³/mol. The van der Waals surface area contributed by atoms with Gasteiger partial charge in [-0.2, -0.15) is 18.2 Å². The van der Waals surface area contributed by atoms with Crippen LogP contribution in [-0.4, -0.2) is 57.2 Å². The molecule has 1 saturated heterocycles. The number of alkyl halides is 3. The normalized spacial score (nSPS) is 15.2. The van der Waals surface area contributed by atoms with Crippen LogP contribution in [0.5, 0.6) is 0 Å². The number of nitrogens with zero attached hydrogens (tertiary/aromatic N) is 5. The van der Waals surface area contributed by atoms with E-state index in [2.05, 4.69) is 20.2 Å². The Morgan fingerprint density at radius 1 is 1.03 bits per heavy atom. The second kappa shape index (κ2) is 9.85. The minimum atomic E-state index is -4.46. The van der Waals surface area contributed by atoms with Gasteiger partial charge in [0, 0.05) is 31.7 Å². The van der Waals surface area contributed by atoms with Gasteiger partial charge in [-0.25, -0.2) is 0 Å². The molecule has 1 aromatic carbocycles. The minimum Gasteiger partial charge on any atom is -0.451 e. The molecule has 0 spiro atoms. The highest BCUT2D eigenvalue weighted by molar-refractivity contribution is 5.92. The Morgan fingerprint density at radius 3 is 2.62 bits per heavy atom. The van der Waals surface area contributed by atoms with Crippen LogP contribution in [0, 0.1) is 13.8 Å². The Balaban J connectivity index is 1.22. The summed E-state index contributed by atoms with van der Waals surface area (Å²) in [5, 5.41) is 7.98. The molecule has 0 aliphatic carbocycles. The van der Waals surface area contributed by atoms with Crippen molar-refractivity contribution in [3.8, 4) is 22.8 Å². The third-order valence-corrected chi connectivity index (χ3v) is 6.25. The molecule has 0 N–H and O–H groups in total. The summed E-state index contributed by atoms with van der Waals surface area (Å²) in [4.78, 5) is 21.3. The smallest absolute Gasteiger partial charge is 0.416 e. The Kier molecular flexibility index (Phi) is 6.59. The van der Waals surface area contributed by atoms with Gasteiger partial charge in [0.15, 0.2) is 11.6 Å². The molecule has 0 saturated carbocycles. The summed E-state index contributed by atoms with van der Waals surface area (Å²) in [5.41, 5.74) is 0.842. The molecule has 3 aromatic heterocycles. The number of aromatic nitrogens is 3. The fourth-order valence-corrected chi connectivity index (χ4v) is 4.35. The van der Waals surface area contributed by atoms with Gasteiger partial charge in [0.2, 0.25) is 0 Å². The van der Waals surface area contributed by atoms with E-state index in [1.807, 2.05) is 0 Å². The van der Waals surface area contributed by atoms with E-state index in [0.717, 1.165) is 25.1 Å². The highest BCUT2D eigenvalue weighted by Gasteiger charge is 2.31. The zero-order valence-corrected chi connectivity index (χ0v) is 20.2. The Bertz CT molecular complexity index is 1390. The number of amides is 1. The van der Waals surface area contributed by atoms with Crippen molar-refractivity contribution >= 4 is 5.91 Å². The molecule has 0 atom stereocenters. The van der Waals surface area contributed by atoms with Crippen molar-refractivity contribution < 1.29 is 31.4 Å². The quantitative estimate of drug-likeness (QED) is 0.367. The molecule has 1 aliphatic rings. The van der Waals surface area contributed by atoms with Crippen LogP contribution in [0.15, 0.2) is 49.9 Å².